The number of aliphatic hydroxyl groups is 1. The minimum absolute atomic E-state index is 0.430. The summed E-state index contributed by atoms with van der Waals surface area (Å²) in [4.78, 5) is 11.3. The van der Waals surface area contributed by atoms with Crippen LogP contribution in [0, 0.1) is 5.92 Å². The summed E-state index contributed by atoms with van der Waals surface area (Å²) in [5.41, 5.74) is 8.61. The largest absolute Gasteiger partial charge is 0.387 e. The standard InChI is InChI=1S/C16H20N3O2/c1-4-19-15(9-14(18-19)11(3)20)13-7-5-6-12(8-13)10(2)16(17)21/h5-9,11,20H,4H2,1-3H3,(H2,17,21). The number of hydrogen-bond donors (Lipinski definition) is 2. The normalized spacial score (nSPS) is 12.6. The van der Waals surface area contributed by atoms with Crippen LogP contribution in [0.25, 0.3) is 11.3 Å². The van der Waals surface area contributed by atoms with Crippen molar-refractivity contribution in [2.24, 2.45) is 5.73 Å². The van der Waals surface area contributed by atoms with Gasteiger partial charge in [-0.25, -0.2) is 0 Å². The number of primary amides is 1. The van der Waals surface area contributed by atoms with Crippen molar-refractivity contribution in [2.45, 2.75) is 33.4 Å². The highest BCUT2D eigenvalue weighted by Gasteiger charge is 2.16. The van der Waals surface area contributed by atoms with E-state index in [1.54, 1.807) is 13.8 Å². The summed E-state index contributed by atoms with van der Waals surface area (Å²) >= 11 is 0. The molecule has 1 aromatic carbocycles. The van der Waals surface area contributed by atoms with Crippen LogP contribution in [-0.4, -0.2) is 20.8 Å². The zero-order valence-electron chi connectivity index (χ0n) is 12.5. The maximum absolute atomic E-state index is 11.3. The van der Waals surface area contributed by atoms with Gasteiger partial charge < -0.3 is 10.8 Å². The van der Waals surface area contributed by atoms with Gasteiger partial charge in [-0.15, -0.1) is 0 Å². The number of nitrogens with two attached hydrogens (primary N) is 1. The van der Waals surface area contributed by atoms with E-state index in [9.17, 15) is 9.90 Å². The van der Waals surface area contributed by atoms with Gasteiger partial charge in [-0.2, -0.15) is 5.10 Å². The summed E-state index contributed by atoms with van der Waals surface area (Å²) in [6, 6.07) is 9.46. The molecule has 5 nitrogen and oxygen atoms in total. The Hall–Kier alpha value is -2.14. The van der Waals surface area contributed by atoms with Crippen molar-refractivity contribution >= 4 is 5.91 Å². The quantitative estimate of drug-likeness (QED) is 0.882. The van der Waals surface area contributed by atoms with Crippen LogP contribution in [0.15, 0.2) is 30.3 Å². The predicted octanol–water partition coefficient (Wildman–Crippen LogP) is 2.05. The summed E-state index contributed by atoms with van der Waals surface area (Å²) < 4.78 is 1.83. The van der Waals surface area contributed by atoms with Gasteiger partial charge in [0.2, 0.25) is 5.91 Å². The van der Waals surface area contributed by atoms with Crippen LogP contribution in [0.2, 0.25) is 0 Å². The molecule has 21 heavy (non-hydrogen) atoms. The van der Waals surface area contributed by atoms with Crippen LogP contribution in [0.1, 0.15) is 38.1 Å². The highest BCUT2D eigenvalue weighted by Crippen LogP contribution is 2.26. The first-order chi connectivity index (χ1) is 9.93. The van der Waals surface area contributed by atoms with Crippen LogP contribution < -0.4 is 5.73 Å². The van der Waals surface area contributed by atoms with Crippen molar-refractivity contribution < 1.29 is 9.90 Å². The van der Waals surface area contributed by atoms with Gasteiger partial charge in [0.05, 0.1) is 23.4 Å². The van der Waals surface area contributed by atoms with Crippen LogP contribution in [0.5, 0.6) is 0 Å². The van der Waals surface area contributed by atoms with Crippen LogP contribution in [0.3, 0.4) is 0 Å². The van der Waals surface area contributed by atoms with Crippen LogP contribution in [-0.2, 0) is 11.3 Å². The lowest BCUT2D eigenvalue weighted by atomic mass is 9.97. The van der Waals surface area contributed by atoms with Crippen LogP contribution in [0.4, 0.5) is 0 Å². The number of hydrogen-bond acceptors (Lipinski definition) is 3. The first-order valence-electron chi connectivity index (χ1n) is 6.94. The number of amides is 1. The maximum atomic E-state index is 11.3. The number of benzene rings is 1. The fourth-order valence-corrected chi connectivity index (χ4v) is 2.17. The third-order valence-corrected chi connectivity index (χ3v) is 3.49. The zero-order valence-corrected chi connectivity index (χ0v) is 12.5. The van der Waals surface area contributed by atoms with Crippen molar-refractivity contribution in [3.8, 4) is 11.3 Å². The van der Waals surface area contributed by atoms with E-state index in [0.29, 0.717) is 18.2 Å². The molecule has 0 saturated carbocycles. The fraction of sp³-hybridized carbons (Fsp3) is 0.312. The van der Waals surface area contributed by atoms with E-state index in [1.165, 1.54) is 0 Å². The first kappa shape index (κ1) is 15.3. The van der Waals surface area contributed by atoms with E-state index < -0.39 is 12.0 Å². The second kappa shape index (κ2) is 6.10. The maximum Gasteiger partial charge on any atom is 0.229 e. The molecule has 1 unspecified atom stereocenters. The fourth-order valence-electron chi connectivity index (χ4n) is 2.17. The minimum atomic E-state index is -0.612. The highest BCUT2D eigenvalue weighted by atomic mass is 16.3. The average molecular weight is 286 g/mol. The van der Waals surface area contributed by atoms with Crippen molar-refractivity contribution in [3.63, 3.8) is 0 Å². The average Bonchev–Trinajstić information content (AvgIpc) is 2.91. The Morgan fingerprint density at radius 2 is 2.14 bits per heavy atom. The van der Waals surface area contributed by atoms with E-state index >= 15 is 0 Å². The minimum Gasteiger partial charge on any atom is -0.387 e. The Morgan fingerprint density at radius 3 is 2.71 bits per heavy atom. The molecule has 3 N–H and O–H groups in total. The van der Waals surface area contributed by atoms with Gasteiger partial charge in [-0.05, 0) is 38.5 Å². The molecule has 0 aliphatic heterocycles. The van der Waals surface area contributed by atoms with Crippen molar-refractivity contribution in [1.82, 2.24) is 9.78 Å². The number of aliphatic hydroxyl groups excluding tert-OH is 1. The van der Waals surface area contributed by atoms with E-state index in [2.05, 4.69) is 5.10 Å². The molecule has 1 radical (unpaired) electrons. The Balaban J connectivity index is 2.47. The Labute approximate surface area is 124 Å². The molecule has 2 rings (SSSR count). The van der Waals surface area contributed by atoms with Crippen molar-refractivity contribution in [1.29, 1.82) is 0 Å². The Kier molecular flexibility index (Phi) is 4.43. The van der Waals surface area contributed by atoms with Crippen LogP contribution >= 0.6 is 0 Å². The summed E-state index contributed by atoms with van der Waals surface area (Å²) in [6.07, 6.45) is -0.612. The lowest BCUT2D eigenvalue weighted by molar-refractivity contribution is -0.115. The molecule has 1 aromatic heterocycles. The molecular weight excluding hydrogens is 266 g/mol. The lowest BCUT2D eigenvalue weighted by Gasteiger charge is -2.10. The molecule has 0 aliphatic carbocycles. The summed E-state index contributed by atoms with van der Waals surface area (Å²) in [5.74, 6) is 0.0935. The Morgan fingerprint density at radius 1 is 1.43 bits per heavy atom. The summed E-state index contributed by atoms with van der Waals surface area (Å²) in [6.45, 7) is 6.09. The molecule has 0 fully saturated rings. The highest BCUT2D eigenvalue weighted by molar-refractivity contribution is 5.92. The lowest BCUT2D eigenvalue weighted by Crippen LogP contribution is -2.19. The van der Waals surface area contributed by atoms with E-state index in [-0.39, 0.29) is 0 Å². The Bertz CT molecular complexity index is 647. The molecule has 0 saturated heterocycles. The number of carbonyl (C=O) groups excluding carboxylic acids is 1. The molecular formula is C16H20N3O2. The van der Waals surface area contributed by atoms with Gasteiger partial charge in [-0.1, -0.05) is 18.2 Å². The molecule has 5 heteroatoms. The van der Waals surface area contributed by atoms with Gasteiger partial charge in [0.25, 0.3) is 0 Å². The molecule has 1 amide bonds. The van der Waals surface area contributed by atoms with E-state index in [4.69, 9.17) is 5.73 Å². The number of aryl methyl sites for hydroxylation is 1. The molecule has 2 aromatic rings. The van der Waals surface area contributed by atoms with Gasteiger partial charge >= 0.3 is 0 Å². The SMILES string of the molecule is CCn1nc(C(C)O)cc1-c1cccc([C](C)C(N)=O)c1. The molecule has 0 aliphatic rings. The van der Waals surface area contributed by atoms with Gasteiger partial charge in [0.1, 0.15) is 0 Å². The monoisotopic (exact) mass is 286 g/mol. The summed E-state index contributed by atoms with van der Waals surface area (Å²) in [7, 11) is 0. The molecule has 0 spiro atoms. The number of aromatic nitrogens is 2. The van der Waals surface area contributed by atoms with Crippen molar-refractivity contribution in [2.75, 3.05) is 0 Å². The first-order valence-corrected chi connectivity index (χ1v) is 6.94. The van der Waals surface area contributed by atoms with Gasteiger partial charge in [-0.3, -0.25) is 9.48 Å². The van der Waals surface area contributed by atoms with E-state index in [1.807, 2.05) is 41.9 Å². The smallest absolute Gasteiger partial charge is 0.229 e. The van der Waals surface area contributed by atoms with Gasteiger partial charge in [0.15, 0.2) is 0 Å². The predicted molar refractivity (Wildman–Crippen MR) is 81.2 cm³/mol. The molecule has 0 bridgehead atoms. The molecule has 111 valence electrons. The summed E-state index contributed by atoms with van der Waals surface area (Å²) in [5, 5.41) is 14.1. The molecule has 1 heterocycles. The number of carbonyl (C=O) groups is 1. The second-order valence-corrected chi connectivity index (χ2v) is 5.02. The number of nitrogens with zero attached hydrogens (tertiary/aromatic N) is 2. The topological polar surface area (TPSA) is 81.1 Å². The zero-order chi connectivity index (χ0) is 15.6. The van der Waals surface area contributed by atoms with E-state index in [0.717, 1.165) is 16.8 Å². The second-order valence-electron chi connectivity index (χ2n) is 5.02. The number of rotatable bonds is 5. The van der Waals surface area contributed by atoms with Crippen molar-refractivity contribution in [3.05, 3.63) is 47.5 Å². The third-order valence-electron chi connectivity index (χ3n) is 3.49. The van der Waals surface area contributed by atoms with Gasteiger partial charge in [0, 0.05) is 12.1 Å². The third kappa shape index (κ3) is 3.13. The molecule has 1 atom stereocenters.